The van der Waals surface area contributed by atoms with E-state index in [9.17, 15) is 9.59 Å². The lowest BCUT2D eigenvalue weighted by Crippen LogP contribution is -2.53. The summed E-state index contributed by atoms with van der Waals surface area (Å²) in [5.74, 6) is -2.40. The van der Waals surface area contributed by atoms with E-state index in [2.05, 4.69) is 5.32 Å². The molecular formula is C9H15NO3. The first-order valence-electron chi connectivity index (χ1n) is 4.49. The number of carbonyl (C=O) groups is 2. The summed E-state index contributed by atoms with van der Waals surface area (Å²) in [5.41, 5.74) is -0.152. The molecule has 1 unspecified atom stereocenters. The summed E-state index contributed by atoms with van der Waals surface area (Å²) >= 11 is 0. The van der Waals surface area contributed by atoms with E-state index in [0.29, 0.717) is 0 Å². The van der Waals surface area contributed by atoms with Crippen molar-refractivity contribution in [3.63, 3.8) is 0 Å². The van der Waals surface area contributed by atoms with Crippen LogP contribution in [0.4, 0.5) is 0 Å². The number of carbonyl (C=O) groups excluding carboxylic acids is 1. The number of nitrogens with one attached hydrogen (secondary N) is 1. The molecule has 0 aromatic heterocycles. The average molecular weight is 185 g/mol. The quantitative estimate of drug-likeness (QED) is 0.638. The van der Waals surface area contributed by atoms with Crippen molar-refractivity contribution in [1.29, 1.82) is 0 Å². The van der Waals surface area contributed by atoms with Crippen LogP contribution in [-0.2, 0) is 9.59 Å². The molecule has 1 rings (SSSR count). The van der Waals surface area contributed by atoms with E-state index in [1.54, 1.807) is 0 Å². The normalized spacial score (nSPS) is 21.4. The van der Waals surface area contributed by atoms with Gasteiger partial charge in [-0.2, -0.15) is 0 Å². The molecule has 0 bridgehead atoms. The van der Waals surface area contributed by atoms with Crippen molar-refractivity contribution in [1.82, 2.24) is 5.32 Å². The Morgan fingerprint density at radius 2 is 2.00 bits per heavy atom. The number of carboxylic acid groups (broad SMARTS) is 1. The maximum Gasteiger partial charge on any atom is 0.315 e. The topological polar surface area (TPSA) is 66.4 Å². The monoisotopic (exact) mass is 185 g/mol. The number of aliphatic carboxylic acids is 1. The molecule has 74 valence electrons. The van der Waals surface area contributed by atoms with Crippen molar-refractivity contribution in [3.05, 3.63) is 0 Å². The second kappa shape index (κ2) is 3.36. The highest BCUT2D eigenvalue weighted by atomic mass is 16.4. The predicted octanol–water partition coefficient (Wildman–Crippen LogP) is 0.766. The molecule has 1 aliphatic rings. The lowest BCUT2D eigenvalue weighted by molar-refractivity contribution is -0.147. The van der Waals surface area contributed by atoms with Gasteiger partial charge < -0.3 is 10.4 Å². The van der Waals surface area contributed by atoms with Gasteiger partial charge in [0.15, 0.2) is 0 Å². The predicted molar refractivity (Wildman–Crippen MR) is 47.2 cm³/mol. The first-order valence-corrected chi connectivity index (χ1v) is 4.49. The van der Waals surface area contributed by atoms with Crippen molar-refractivity contribution in [2.45, 2.75) is 38.6 Å². The molecule has 1 saturated carbocycles. The Hall–Kier alpha value is -1.06. The molecule has 0 heterocycles. The summed E-state index contributed by atoms with van der Waals surface area (Å²) in [5, 5.41) is 11.3. The molecule has 13 heavy (non-hydrogen) atoms. The molecule has 0 aromatic rings. The minimum Gasteiger partial charge on any atom is -0.481 e. The summed E-state index contributed by atoms with van der Waals surface area (Å²) < 4.78 is 0. The number of hydrogen-bond donors (Lipinski definition) is 2. The largest absolute Gasteiger partial charge is 0.481 e. The zero-order valence-corrected chi connectivity index (χ0v) is 7.96. The summed E-state index contributed by atoms with van der Waals surface area (Å²) in [7, 11) is 0. The maximum atomic E-state index is 11.3. The highest BCUT2D eigenvalue weighted by Gasteiger charge is 2.35. The number of hydrogen-bond acceptors (Lipinski definition) is 2. The molecule has 0 aliphatic heterocycles. The second-order valence-electron chi connectivity index (χ2n) is 3.96. The lowest BCUT2D eigenvalue weighted by atomic mass is 9.78. The Balaban J connectivity index is 2.45. The molecule has 0 aromatic carbocycles. The van der Waals surface area contributed by atoms with Gasteiger partial charge >= 0.3 is 5.97 Å². The first kappa shape index (κ1) is 10.0. The van der Waals surface area contributed by atoms with Gasteiger partial charge in [0.25, 0.3) is 0 Å². The fourth-order valence-corrected chi connectivity index (χ4v) is 1.35. The van der Waals surface area contributed by atoms with Crippen LogP contribution in [-0.4, -0.2) is 22.5 Å². The Labute approximate surface area is 77.3 Å². The van der Waals surface area contributed by atoms with Crippen LogP contribution in [0.15, 0.2) is 0 Å². The van der Waals surface area contributed by atoms with E-state index < -0.39 is 11.9 Å². The van der Waals surface area contributed by atoms with Crippen molar-refractivity contribution >= 4 is 11.9 Å². The fourth-order valence-electron chi connectivity index (χ4n) is 1.35. The molecule has 4 heteroatoms. The van der Waals surface area contributed by atoms with Gasteiger partial charge in [0.05, 0.1) is 0 Å². The van der Waals surface area contributed by atoms with Gasteiger partial charge in [0.1, 0.15) is 5.92 Å². The standard InChI is InChI=1S/C9H15NO3/c1-6(8(12)13)7(11)10-9(2)4-3-5-9/h6H,3-5H2,1-2H3,(H,10,11)(H,12,13). The second-order valence-corrected chi connectivity index (χ2v) is 3.96. The zero-order chi connectivity index (χ0) is 10.1. The molecule has 0 saturated heterocycles. The van der Waals surface area contributed by atoms with Crippen molar-refractivity contribution < 1.29 is 14.7 Å². The molecule has 4 nitrogen and oxygen atoms in total. The summed E-state index contributed by atoms with van der Waals surface area (Å²) in [6, 6.07) is 0. The Bertz CT molecular complexity index is 233. The van der Waals surface area contributed by atoms with E-state index in [1.807, 2.05) is 6.92 Å². The third kappa shape index (κ3) is 2.20. The van der Waals surface area contributed by atoms with Crippen molar-refractivity contribution in [2.75, 3.05) is 0 Å². The third-order valence-electron chi connectivity index (χ3n) is 2.65. The van der Waals surface area contributed by atoms with Gasteiger partial charge in [0, 0.05) is 5.54 Å². The first-order chi connectivity index (χ1) is 5.94. The minimum atomic E-state index is -1.07. The van der Waals surface area contributed by atoms with E-state index in [1.165, 1.54) is 6.92 Å². The third-order valence-corrected chi connectivity index (χ3v) is 2.65. The zero-order valence-electron chi connectivity index (χ0n) is 7.96. The van der Waals surface area contributed by atoms with E-state index in [-0.39, 0.29) is 11.4 Å². The maximum absolute atomic E-state index is 11.3. The van der Waals surface area contributed by atoms with Crippen molar-refractivity contribution in [3.8, 4) is 0 Å². The van der Waals surface area contributed by atoms with E-state index >= 15 is 0 Å². The molecule has 0 radical (unpaired) electrons. The highest BCUT2D eigenvalue weighted by Crippen LogP contribution is 2.31. The van der Waals surface area contributed by atoms with Crippen LogP contribution in [0.2, 0.25) is 0 Å². The number of carboxylic acids is 1. The average Bonchev–Trinajstić information content (AvgIpc) is 1.99. The minimum absolute atomic E-state index is 0.152. The summed E-state index contributed by atoms with van der Waals surface area (Å²) in [4.78, 5) is 21.8. The Morgan fingerprint density at radius 3 is 2.31 bits per heavy atom. The fraction of sp³-hybridized carbons (Fsp3) is 0.778. The van der Waals surface area contributed by atoms with Gasteiger partial charge in [0.2, 0.25) is 5.91 Å². The van der Waals surface area contributed by atoms with Crippen LogP contribution in [0, 0.1) is 5.92 Å². The molecular weight excluding hydrogens is 170 g/mol. The molecule has 1 amide bonds. The highest BCUT2D eigenvalue weighted by molar-refractivity contribution is 5.96. The van der Waals surface area contributed by atoms with Crippen LogP contribution in [0.1, 0.15) is 33.1 Å². The molecule has 1 aliphatic carbocycles. The lowest BCUT2D eigenvalue weighted by Gasteiger charge is -2.39. The Kier molecular flexibility index (Phi) is 2.59. The van der Waals surface area contributed by atoms with Gasteiger partial charge in [-0.1, -0.05) is 0 Å². The smallest absolute Gasteiger partial charge is 0.315 e. The van der Waals surface area contributed by atoms with E-state index in [0.717, 1.165) is 19.3 Å². The number of rotatable bonds is 3. The van der Waals surface area contributed by atoms with Crippen LogP contribution < -0.4 is 5.32 Å². The molecule has 1 fully saturated rings. The van der Waals surface area contributed by atoms with Gasteiger partial charge in [-0.15, -0.1) is 0 Å². The molecule has 1 atom stereocenters. The van der Waals surface area contributed by atoms with Crippen LogP contribution in [0.3, 0.4) is 0 Å². The SMILES string of the molecule is CC(C(=O)O)C(=O)NC1(C)CCC1. The van der Waals surface area contributed by atoms with Gasteiger partial charge in [-0.3, -0.25) is 9.59 Å². The van der Waals surface area contributed by atoms with Crippen LogP contribution in [0.5, 0.6) is 0 Å². The van der Waals surface area contributed by atoms with Gasteiger partial charge in [-0.05, 0) is 33.1 Å². The molecule has 2 N–H and O–H groups in total. The summed E-state index contributed by atoms with van der Waals surface area (Å²) in [6.07, 6.45) is 3.01. The molecule has 0 spiro atoms. The van der Waals surface area contributed by atoms with Crippen LogP contribution >= 0.6 is 0 Å². The van der Waals surface area contributed by atoms with E-state index in [4.69, 9.17) is 5.11 Å². The number of amides is 1. The van der Waals surface area contributed by atoms with Crippen molar-refractivity contribution in [2.24, 2.45) is 5.92 Å². The Morgan fingerprint density at radius 1 is 1.46 bits per heavy atom. The van der Waals surface area contributed by atoms with Crippen LogP contribution in [0.25, 0.3) is 0 Å². The van der Waals surface area contributed by atoms with Gasteiger partial charge in [-0.25, -0.2) is 0 Å². The summed E-state index contributed by atoms with van der Waals surface area (Å²) in [6.45, 7) is 3.35.